The maximum absolute atomic E-state index is 2.48. The van der Waals surface area contributed by atoms with Crippen LogP contribution in [0.2, 0.25) is 0 Å². The van der Waals surface area contributed by atoms with Crippen LogP contribution in [0.3, 0.4) is 0 Å². The molecule has 6 aromatic rings. The summed E-state index contributed by atoms with van der Waals surface area (Å²) < 4.78 is 0. The Balaban J connectivity index is 1.05. The van der Waals surface area contributed by atoms with E-state index in [4.69, 9.17) is 0 Å². The summed E-state index contributed by atoms with van der Waals surface area (Å²) in [4.78, 5) is 7.41. The molecule has 0 atom stereocenters. The maximum Gasteiger partial charge on any atom is 0.0601 e. The number of fused-ring (bicyclic) bond motifs is 2. The molecule has 6 aromatic carbocycles. The second kappa shape index (κ2) is 11.7. The van der Waals surface area contributed by atoms with Gasteiger partial charge in [0, 0.05) is 32.5 Å². The molecule has 11 rings (SSSR count). The van der Waals surface area contributed by atoms with Gasteiger partial charge in [0.1, 0.15) is 0 Å². The number of para-hydroxylation sites is 2. The van der Waals surface area contributed by atoms with E-state index in [2.05, 4.69) is 161 Å². The zero-order chi connectivity index (χ0) is 32.4. The summed E-state index contributed by atoms with van der Waals surface area (Å²) >= 11 is 1.85. The van der Waals surface area contributed by atoms with Crippen LogP contribution in [0, 0.1) is 17.8 Å². The molecule has 0 spiro atoms. The van der Waals surface area contributed by atoms with Crippen LogP contribution < -0.4 is 9.80 Å². The number of nitrogens with zero attached hydrogens (tertiary/aromatic N) is 2. The van der Waals surface area contributed by atoms with Gasteiger partial charge in [0.15, 0.2) is 0 Å². The van der Waals surface area contributed by atoms with Crippen molar-refractivity contribution >= 4 is 45.9 Å². The van der Waals surface area contributed by atoms with E-state index in [1.807, 2.05) is 11.8 Å². The Labute approximate surface area is 294 Å². The molecule has 49 heavy (non-hydrogen) atoms. The topological polar surface area (TPSA) is 6.48 Å². The maximum atomic E-state index is 2.48. The molecule has 0 aromatic heterocycles. The molecule has 0 saturated heterocycles. The molecule has 2 nitrogen and oxygen atoms in total. The van der Waals surface area contributed by atoms with Gasteiger partial charge in [-0.2, -0.15) is 0 Å². The Hall–Kier alpha value is -4.73. The highest BCUT2D eigenvalue weighted by atomic mass is 32.2. The fourth-order valence-electron chi connectivity index (χ4n) is 10.1. The van der Waals surface area contributed by atoms with Gasteiger partial charge in [0.2, 0.25) is 0 Å². The molecular formula is C46H40N2S. The van der Waals surface area contributed by atoms with E-state index >= 15 is 0 Å². The molecule has 4 bridgehead atoms. The van der Waals surface area contributed by atoms with Gasteiger partial charge in [-0.15, -0.1) is 0 Å². The van der Waals surface area contributed by atoms with Crippen LogP contribution in [0.5, 0.6) is 0 Å². The normalized spacial score (nSPS) is 23.2. The molecule has 0 amide bonds. The van der Waals surface area contributed by atoms with E-state index in [0.717, 1.165) is 23.4 Å². The van der Waals surface area contributed by atoms with Gasteiger partial charge in [-0.1, -0.05) is 90.6 Å². The summed E-state index contributed by atoms with van der Waals surface area (Å²) in [6, 6.07) is 56.1. The first-order valence-electron chi connectivity index (χ1n) is 18.0. The van der Waals surface area contributed by atoms with E-state index < -0.39 is 0 Å². The SMILES string of the molecule is c1ccc(-c2cccc(N(c3ccc(N4c5ccccc5Sc5ccccc54)cc3)c3ccc(C45CC6CC(CC(C6)C4)C5)cc3)c2)cc1. The van der Waals surface area contributed by atoms with Crippen molar-refractivity contribution in [3.05, 3.63) is 157 Å². The number of benzene rings is 6. The van der Waals surface area contributed by atoms with E-state index in [9.17, 15) is 0 Å². The van der Waals surface area contributed by atoms with Crippen LogP contribution in [0.4, 0.5) is 34.1 Å². The highest BCUT2D eigenvalue weighted by molar-refractivity contribution is 7.99. The fraction of sp³-hybridized carbons (Fsp3) is 0.217. The minimum absolute atomic E-state index is 0.395. The summed E-state index contributed by atoms with van der Waals surface area (Å²) in [5.41, 5.74) is 11.6. The molecule has 1 heterocycles. The van der Waals surface area contributed by atoms with Crippen LogP contribution in [-0.2, 0) is 5.41 Å². The van der Waals surface area contributed by atoms with E-state index in [1.165, 1.54) is 87.9 Å². The quantitative estimate of drug-likeness (QED) is 0.176. The van der Waals surface area contributed by atoms with Gasteiger partial charge in [0.05, 0.1) is 11.4 Å². The average molecular weight is 653 g/mol. The van der Waals surface area contributed by atoms with Crippen LogP contribution >= 0.6 is 11.8 Å². The van der Waals surface area contributed by atoms with E-state index in [1.54, 1.807) is 5.56 Å². The Kier molecular flexibility index (Phi) is 6.98. The Bertz CT molecular complexity index is 2050. The summed E-state index contributed by atoms with van der Waals surface area (Å²) in [5.74, 6) is 2.83. The molecule has 4 saturated carbocycles. The van der Waals surface area contributed by atoms with Crippen molar-refractivity contribution < 1.29 is 0 Å². The molecule has 0 unspecified atom stereocenters. The van der Waals surface area contributed by atoms with Crippen LogP contribution in [0.1, 0.15) is 44.1 Å². The Morgan fingerprint density at radius 3 is 1.63 bits per heavy atom. The largest absolute Gasteiger partial charge is 0.310 e. The average Bonchev–Trinajstić information content (AvgIpc) is 3.14. The van der Waals surface area contributed by atoms with Crippen molar-refractivity contribution in [3.63, 3.8) is 0 Å². The zero-order valence-electron chi connectivity index (χ0n) is 27.7. The van der Waals surface area contributed by atoms with Crippen LogP contribution in [0.15, 0.2) is 161 Å². The first kappa shape index (κ1) is 29.2. The van der Waals surface area contributed by atoms with Gasteiger partial charge in [-0.25, -0.2) is 0 Å². The van der Waals surface area contributed by atoms with Crippen molar-refractivity contribution in [2.45, 2.75) is 53.7 Å². The Morgan fingerprint density at radius 1 is 0.490 bits per heavy atom. The molecule has 4 aliphatic carbocycles. The zero-order valence-corrected chi connectivity index (χ0v) is 28.5. The molecule has 0 N–H and O–H groups in total. The lowest BCUT2D eigenvalue weighted by Crippen LogP contribution is -2.48. The lowest BCUT2D eigenvalue weighted by atomic mass is 9.48. The molecular weight excluding hydrogens is 613 g/mol. The third-order valence-corrected chi connectivity index (χ3v) is 12.9. The second-order valence-electron chi connectivity index (χ2n) is 14.9. The number of rotatable bonds is 6. The van der Waals surface area contributed by atoms with Gasteiger partial charge in [0.25, 0.3) is 0 Å². The summed E-state index contributed by atoms with van der Waals surface area (Å²) in [5, 5.41) is 0. The van der Waals surface area contributed by atoms with Crippen molar-refractivity contribution in [3.8, 4) is 11.1 Å². The summed E-state index contributed by atoms with van der Waals surface area (Å²) in [6.07, 6.45) is 8.61. The van der Waals surface area contributed by atoms with Crippen molar-refractivity contribution in [2.24, 2.45) is 17.8 Å². The minimum Gasteiger partial charge on any atom is -0.310 e. The number of hydrogen-bond acceptors (Lipinski definition) is 3. The van der Waals surface area contributed by atoms with E-state index in [0.29, 0.717) is 5.41 Å². The van der Waals surface area contributed by atoms with Gasteiger partial charge < -0.3 is 9.80 Å². The second-order valence-corrected chi connectivity index (χ2v) is 16.0. The standard InChI is InChI=1S/C46H40N2S/c1-2-9-35(10-3-1)36-11-8-12-41(28-36)47(38-19-17-37(18-20-38)46-29-32-25-33(30-46)27-34(26-32)31-46)39-21-23-40(24-22-39)48-42-13-4-6-15-44(42)49-45-16-7-5-14-43(45)48/h1-24,28,32-34H,25-27,29-31H2. The minimum atomic E-state index is 0.395. The molecule has 4 fully saturated rings. The summed E-state index contributed by atoms with van der Waals surface area (Å²) in [7, 11) is 0. The summed E-state index contributed by atoms with van der Waals surface area (Å²) in [6.45, 7) is 0. The van der Waals surface area contributed by atoms with Gasteiger partial charge in [-0.05, 0) is 151 Å². The first-order valence-corrected chi connectivity index (χ1v) is 18.8. The lowest BCUT2D eigenvalue weighted by molar-refractivity contribution is -0.00518. The van der Waals surface area contributed by atoms with Crippen LogP contribution in [-0.4, -0.2) is 0 Å². The van der Waals surface area contributed by atoms with Crippen molar-refractivity contribution in [1.82, 2.24) is 0 Å². The molecule has 0 radical (unpaired) electrons. The smallest absolute Gasteiger partial charge is 0.0601 e. The highest BCUT2D eigenvalue weighted by Gasteiger charge is 2.51. The van der Waals surface area contributed by atoms with Crippen molar-refractivity contribution in [1.29, 1.82) is 0 Å². The molecule has 3 heteroatoms. The molecule has 5 aliphatic rings. The van der Waals surface area contributed by atoms with E-state index in [-0.39, 0.29) is 0 Å². The molecule has 1 aliphatic heterocycles. The van der Waals surface area contributed by atoms with Crippen LogP contribution in [0.25, 0.3) is 11.1 Å². The lowest BCUT2D eigenvalue weighted by Gasteiger charge is -2.57. The van der Waals surface area contributed by atoms with Gasteiger partial charge in [-0.3, -0.25) is 0 Å². The van der Waals surface area contributed by atoms with Crippen molar-refractivity contribution in [2.75, 3.05) is 9.80 Å². The Morgan fingerprint density at radius 2 is 1.02 bits per heavy atom. The molecule has 240 valence electrons. The predicted molar refractivity (Wildman–Crippen MR) is 205 cm³/mol. The third-order valence-electron chi connectivity index (χ3n) is 11.8. The fourth-order valence-corrected chi connectivity index (χ4v) is 11.1. The monoisotopic (exact) mass is 652 g/mol. The first-order chi connectivity index (χ1) is 24.2. The van der Waals surface area contributed by atoms with Gasteiger partial charge >= 0.3 is 0 Å². The number of hydrogen-bond donors (Lipinski definition) is 0. The third kappa shape index (κ3) is 5.09. The predicted octanol–water partition coefficient (Wildman–Crippen LogP) is 13.2. The number of anilines is 6. The highest BCUT2D eigenvalue weighted by Crippen LogP contribution is 2.61.